The molecule has 1 aliphatic rings. The largest absolute Gasteiger partial charge is 0.493 e. The Balaban J connectivity index is 1.29. The first-order valence-corrected chi connectivity index (χ1v) is 12.8. The SMILES string of the molecule is C/C=C/c1ccc(OC(C)OCCCCOC(C)OC(=O)C(C)N2COc3ccccc3C2)c(OC)c1. The van der Waals surface area contributed by atoms with E-state index in [0.29, 0.717) is 38.0 Å². The molecule has 2 aromatic carbocycles. The summed E-state index contributed by atoms with van der Waals surface area (Å²) in [5, 5.41) is 0. The molecule has 0 fully saturated rings. The monoisotopic (exact) mass is 513 g/mol. The summed E-state index contributed by atoms with van der Waals surface area (Å²) >= 11 is 0. The summed E-state index contributed by atoms with van der Waals surface area (Å²) in [6, 6.07) is 13.2. The van der Waals surface area contributed by atoms with Gasteiger partial charge in [-0.25, -0.2) is 0 Å². The van der Waals surface area contributed by atoms with Crippen LogP contribution in [0.5, 0.6) is 17.2 Å². The molecular weight excluding hydrogens is 474 g/mol. The van der Waals surface area contributed by atoms with Crippen LogP contribution in [0, 0.1) is 0 Å². The number of carbonyl (C=O) groups excluding carboxylic acids is 1. The van der Waals surface area contributed by atoms with Crippen LogP contribution >= 0.6 is 0 Å². The first-order chi connectivity index (χ1) is 17.9. The summed E-state index contributed by atoms with van der Waals surface area (Å²) in [5.41, 5.74) is 2.10. The second-order valence-corrected chi connectivity index (χ2v) is 8.85. The van der Waals surface area contributed by atoms with Crippen molar-refractivity contribution in [2.45, 2.75) is 65.7 Å². The minimum Gasteiger partial charge on any atom is -0.493 e. The molecule has 3 atom stereocenters. The number of nitrogens with zero attached hydrogens (tertiary/aromatic N) is 1. The van der Waals surface area contributed by atoms with E-state index in [1.54, 1.807) is 14.0 Å². The number of carbonyl (C=O) groups is 1. The molecule has 1 aliphatic heterocycles. The molecule has 0 spiro atoms. The topological polar surface area (TPSA) is 75.7 Å². The molecule has 2 aromatic rings. The Kier molecular flexibility index (Phi) is 11.3. The van der Waals surface area contributed by atoms with Gasteiger partial charge in [-0.15, -0.1) is 0 Å². The Morgan fingerprint density at radius 1 is 1.03 bits per heavy atom. The van der Waals surface area contributed by atoms with E-state index in [1.165, 1.54) is 0 Å². The van der Waals surface area contributed by atoms with Crippen LogP contribution in [0.2, 0.25) is 0 Å². The molecule has 202 valence electrons. The zero-order valence-electron chi connectivity index (χ0n) is 22.5. The minimum absolute atomic E-state index is 0.334. The molecule has 8 heteroatoms. The van der Waals surface area contributed by atoms with Crippen LogP contribution in [0.3, 0.4) is 0 Å². The molecule has 0 aliphatic carbocycles. The lowest BCUT2D eigenvalue weighted by molar-refractivity contribution is -0.182. The summed E-state index contributed by atoms with van der Waals surface area (Å²) in [7, 11) is 1.62. The lowest BCUT2D eigenvalue weighted by atomic mass is 10.1. The predicted octanol–water partition coefficient (Wildman–Crippen LogP) is 5.40. The van der Waals surface area contributed by atoms with Gasteiger partial charge < -0.3 is 28.4 Å². The summed E-state index contributed by atoms with van der Waals surface area (Å²) in [6.07, 6.45) is 4.47. The Hall–Kier alpha value is -3.07. The van der Waals surface area contributed by atoms with Gasteiger partial charge in [-0.05, 0) is 64.3 Å². The van der Waals surface area contributed by atoms with E-state index < -0.39 is 18.6 Å². The van der Waals surface area contributed by atoms with E-state index in [9.17, 15) is 4.79 Å². The quantitative estimate of drug-likeness (QED) is 0.189. The average molecular weight is 514 g/mol. The molecular formula is C29H39NO7. The molecule has 3 unspecified atom stereocenters. The average Bonchev–Trinajstić information content (AvgIpc) is 2.90. The maximum Gasteiger partial charge on any atom is 0.325 e. The van der Waals surface area contributed by atoms with E-state index >= 15 is 0 Å². The van der Waals surface area contributed by atoms with Gasteiger partial charge in [0.05, 0.1) is 20.3 Å². The second kappa shape index (κ2) is 14.6. The van der Waals surface area contributed by atoms with Gasteiger partial charge in [0.25, 0.3) is 0 Å². The van der Waals surface area contributed by atoms with Gasteiger partial charge in [-0.3, -0.25) is 9.69 Å². The molecule has 0 N–H and O–H groups in total. The van der Waals surface area contributed by atoms with Crippen molar-refractivity contribution in [2.75, 3.05) is 27.1 Å². The fraction of sp³-hybridized carbons (Fsp3) is 0.483. The Morgan fingerprint density at radius 2 is 1.76 bits per heavy atom. The maximum absolute atomic E-state index is 12.6. The van der Waals surface area contributed by atoms with Crippen LogP contribution in [0.1, 0.15) is 51.7 Å². The highest BCUT2D eigenvalue weighted by molar-refractivity contribution is 5.75. The highest BCUT2D eigenvalue weighted by Gasteiger charge is 2.28. The van der Waals surface area contributed by atoms with Crippen LogP contribution in [0.25, 0.3) is 6.08 Å². The number of esters is 1. The molecule has 8 nitrogen and oxygen atoms in total. The van der Waals surface area contributed by atoms with Crippen LogP contribution in [0.4, 0.5) is 0 Å². The van der Waals surface area contributed by atoms with E-state index in [1.807, 2.05) is 80.3 Å². The van der Waals surface area contributed by atoms with E-state index in [4.69, 9.17) is 28.4 Å². The Morgan fingerprint density at radius 3 is 2.49 bits per heavy atom. The molecule has 0 amide bonds. The van der Waals surface area contributed by atoms with Crippen molar-refractivity contribution in [1.82, 2.24) is 4.90 Å². The highest BCUT2D eigenvalue weighted by Crippen LogP contribution is 2.30. The normalized spacial score (nSPS) is 15.9. The van der Waals surface area contributed by atoms with Gasteiger partial charge >= 0.3 is 5.97 Å². The number of hydrogen-bond donors (Lipinski definition) is 0. The smallest absolute Gasteiger partial charge is 0.325 e. The molecule has 3 rings (SSSR count). The lowest BCUT2D eigenvalue weighted by Crippen LogP contribution is -2.44. The van der Waals surface area contributed by atoms with Crippen molar-refractivity contribution in [2.24, 2.45) is 0 Å². The van der Waals surface area contributed by atoms with Crippen molar-refractivity contribution in [3.8, 4) is 17.2 Å². The molecule has 1 heterocycles. The predicted molar refractivity (Wildman–Crippen MR) is 141 cm³/mol. The van der Waals surface area contributed by atoms with Crippen LogP contribution in [-0.4, -0.2) is 56.5 Å². The molecule has 0 bridgehead atoms. The van der Waals surface area contributed by atoms with E-state index in [2.05, 4.69) is 0 Å². The number of allylic oxidation sites excluding steroid dienone is 1. The second-order valence-electron chi connectivity index (χ2n) is 8.85. The van der Waals surface area contributed by atoms with Crippen LogP contribution in [0.15, 0.2) is 48.5 Å². The highest BCUT2D eigenvalue weighted by atomic mass is 16.7. The lowest BCUT2D eigenvalue weighted by Gasteiger charge is -2.32. The number of para-hydroxylation sites is 1. The van der Waals surface area contributed by atoms with Crippen LogP contribution < -0.4 is 14.2 Å². The molecule has 37 heavy (non-hydrogen) atoms. The van der Waals surface area contributed by atoms with Gasteiger partial charge in [0, 0.05) is 12.1 Å². The third-order valence-corrected chi connectivity index (χ3v) is 5.99. The van der Waals surface area contributed by atoms with Gasteiger partial charge in [0.15, 0.2) is 24.1 Å². The van der Waals surface area contributed by atoms with Crippen molar-refractivity contribution >= 4 is 12.0 Å². The van der Waals surface area contributed by atoms with Crippen molar-refractivity contribution in [3.05, 3.63) is 59.7 Å². The third-order valence-electron chi connectivity index (χ3n) is 5.99. The van der Waals surface area contributed by atoms with E-state index in [0.717, 1.165) is 29.7 Å². The molecule has 0 saturated carbocycles. The summed E-state index contributed by atoms with van der Waals surface area (Å²) in [4.78, 5) is 14.5. The number of fused-ring (bicyclic) bond motifs is 1. The van der Waals surface area contributed by atoms with Gasteiger partial charge in [-0.2, -0.15) is 0 Å². The summed E-state index contributed by atoms with van der Waals surface area (Å²) in [6.45, 7) is 9.33. The number of hydrogen-bond acceptors (Lipinski definition) is 8. The Labute approximate surface area is 220 Å². The van der Waals surface area contributed by atoms with Crippen molar-refractivity contribution < 1.29 is 33.2 Å². The first kappa shape index (κ1) is 28.5. The number of methoxy groups -OCH3 is 1. The number of rotatable bonds is 14. The van der Waals surface area contributed by atoms with Gasteiger partial charge in [-0.1, -0.05) is 36.4 Å². The fourth-order valence-electron chi connectivity index (χ4n) is 3.88. The molecule has 0 saturated heterocycles. The number of ether oxygens (including phenoxy) is 6. The maximum atomic E-state index is 12.6. The van der Waals surface area contributed by atoms with Gasteiger partial charge in [0.2, 0.25) is 0 Å². The zero-order valence-corrected chi connectivity index (χ0v) is 22.5. The fourth-order valence-corrected chi connectivity index (χ4v) is 3.88. The zero-order chi connectivity index (χ0) is 26.6. The summed E-state index contributed by atoms with van der Waals surface area (Å²) < 4.78 is 34.0. The minimum atomic E-state index is -0.630. The molecule has 0 radical (unpaired) electrons. The summed E-state index contributed by atoms with van der Waals surface area (Å²) in [5.74, 6) is 1.82. The van der Waals surface area contributed by atoms with E-state index in [-0.39, 0.29) is 5.97 Å². The first-order valence-electron chi connectivity index (χ1n) is 12.8. The van der Waals surface area contributed by atoms with Crippen LogP contribution in [-0.2, 0) is 25.5 Å². The standard InChI is InChI=1S/C29H39NO7/c1-6-11-24-14-15-27(28(18-24)32-5)36-22(3)33-16-9-10-17-34-23(4)37-29(31)21(2)30-19-25-12-7-8-13-26(25)35-20-30/h6-8,11-15,18,21-23H,9-10,16-17,19-20H2,1-5H3/b11-6+. The number of benzene rings is 2. The van der Waals surface area contributed by atoms with Gasteiger partial charge in [0.1, 0.15) is 18.5 Å². The van der Waals surface area contributed by atoms with Crippen molar-refractivity contribution in [3.63, 3.8) is 0 Å². The Bertz CT molecular complexity index is 1030. The number of unbranched alkanes of at least 4 members (excludes halogenated alkanes) is 1. The molecule has 0 aromatic heterocycles. The van der Waals surface area contributed by atoms with Crippen molar-refractivity contribution in [1.29, 1.82) is 0 Å². The third kappa shape index (κ3) is 8.77.